The molecule has 1 unspecified atom stereocenters. The fourth-order valence-corrected chi connectivity index (χ4v) is 1.40. The van der Waals surface area contributed by atoms with E-state index < -0.39 is 12.0 Å². The van der Waals surface area contributed by atoms with Crippen molar-refractivity contribution in [2.45, 2.75) is 19.4 Å². The Morgan fingerprint density at radius 3 is 2.39 bits per heavy atom. The lowest BCUT2D eigenvalue weighted by molar-refractivity contribution is -0.141. The smallest absolute Gasteiger partial charge is 0.326 e. The number of carbonyl (C=O) groups is 2. The molecular weight excluding hydrogens is 232 g/mol. The molecule has 0 heterocycles. The Bertz CT molecular complexity index is 488. The lowest BCUT2D eigenvalue weighted by atomic mass is 10.1. The van der Waals surface area contributed by atoms with Crippen molar-refractivity contribution in [3.63, 3.8) is 0 Å². The van der Waals surface area contributed by atoms with Crippen molar-refractivity contribution in [2.24, 2.45) is 0 Å². The minimum absolute atomic E-state index is 0.288. The van der Waals surface area contributed by atoms with E-state index >= 15 is 0 Å². The number of carboxylic acids is 1. The fourth-order valence-electron chi connectivity index (χ4n) is 1.40. The van der Waals surface area contributed by atoms with Crippen LogP contribution in [0.3, 0.4) is 0 Å². The molecule has 0 aliphatic rings. The zero-order valence-electron chi connectivity index (χ0n) is 10.3. The highest BCUT2D eigenvalue weighted by Gasteiger charge is 2.22. The number of nitriles is 1. The molecule has 0 aliphatic heterocycles. The van der Waals surface area contributed by atoms with Crippen LogP contribution in [0.4, 0.5) is 0 Å². The highest BCUT2D eigenvalue weighted by molar-refractivity contribution is 5.96. The van der Waals surface area contributed by atoms with Crippen LogP contribution in [0.2, 0.25) is 0 Å². The van der Waals surface area contributed by atoms with Crippen LogP contribution in [0.1, 0.15) is 22.8 Å². The Hall–Kier alpha value is -2.35. The van der Waals surface area contributed by atoms with Crippen LogP contribution in [0.25, 0.3) is 0 Å². The molecule has 1 rings (SSSR count). The van der Waals surface area contributed by atoms with Gasteiger partial charge in [-0.2, -0.15) is 5.26 Å². The van der Waals surface area contributed by atoms with Gasteiger partial charge in [-0.15, -0.1) is 0 Å². The zero-order chi connectivity index (χ0) is 13.7. The molecule has 0 fully saturated rings. The molecule has 0 aromatic heterocycles. The molecule has 1 N–H and O–H groups in total. The van der Waals surface area contributed by atoms with E-state index in [1.807, 2.05) is 6.07 Å². The summed E-state index contributed by atoms with van der Waals surface area (Å²) < 4.78 is 0. The van der Waals surface area contributed by atoms with Gasteiger partial charge in [0, 0.05) is 12.6 Å². The summed E-state index contributed by atoms with van der Waals surface area (Å²) in [6.45, 7) is 1.45. The summed E-state index contributed by atoms with van der Waals surface area (Å²) in [7, 11) is 1.45. The molecular formula is C13H14N2O3. The first kappa shape index (κ1) is 13.7. The highest BCUT2D eigenvalue weighted by atomic mass is 16.4. The average Bonchev–Trinajstić information content (AvgIpc) is 2.37. The topological polar surface area (TPSA) is 81.4 Å². The molecule has 1 atom stereocenters. The first-order valence-electron chi connectivity index (χ1n) is 5.43. The van der Waals surface area contributed by atoms with E-state index in [4.69, 9.17) is 10.4 Å². The van der Waals surface area contributed by atoms with Gasteiger partial charge in [-0.3, -0.25) is 4.79 Å². The van der Waals surface area contributed by atoms with Gasteiger partial charge in [-0.25, -0.2) is 4.79 Å². The van der Waals surface area contributed by atoms with Gasteiger partial charge in [0.25, 0.3) is 5.91 Å². The van der Waals surface area contributed by atoms with Crippen LogP contribution >= 0.6 is 0 Å². The van der Waals surface area contributed by atoms with Gasteiger partial charge in [0.1, 0.15) is 6.04 Å². The van der Waals surface area contributed by atoms with Gasteiger partial charge in [0.05, 0.1) is 12.5 Å². The Kier molecular flexibility index (Phi) is 4.44. The number of hydrogen-bond donors (Lipinski definition) is 1. The summed E-state index contributed by atoms with van der Waals surface area (Å²) in [6, 6.07) is 7.71. The van der Waals surface area contributed by atoms with E-state index in [2.05, 4.69) is 0 Å². The molecule has 0 aliphatic carbocycles. The zero-order valence-corrected chi connectivity index (χ0v) is 10.3. The molecule has 0 radical (unpaired) electrons. The van der Waals surface area contributed by atoms with Crippen molar-refractivity contribution >= 4 is 11.9 Å². The third-order valence-electron chi connectivity index (χ3n) is 2.74. The number of hydrogen-bond acceptors (Lipinski definition) is 3. The van der Waals surface area contributed by atoms with Crippen molar-refractivity contribution < 1.29 is 14.7 Å². The Morgan fingerprint density at radius 2 is 1.94 bits per heavy atom. The maximum atomic E-state index is 12.0. The number of nitrogens with zero attached hydrogens (tertiary/aromatic N) is 2. The second-order valence-corrected chi connectivity index (χ2v) is 3.96. The quantitative estimate of drug-likeness (QED) is 0.868. The highest BCUT2D eigenvalue weighted by Crippen LogP contribution is 2.09. The van der Waals surface area contributed by atoms with Gasteiger partial charge in [0.2, 0.25) is 0 Å². The number of benzene rings is 1. The molecule has 94 valence electrons. The fraction of sp³-hybridized carbons (Fsp3) is 0.308. The van der Waals surface area contributed by atoms with E-state index in [0.29, 0.717) is 5.56 Å². The van der Waals surface area contributed by atoms with E-state index in [1.165, 1.54) is 18.9 Å². The summed E-state index contributed by atoms with van der Waals surface area (Å²) in [5, 5.41) is 17.4. The van der Waals surface area contributed by atoms with Crippen molar-refractivity contribution in [1.29, 1.82) is 5.26 Å². The van der Waals surface area contributed by atoms with Gasteiger partial charge in [0.15, 0.2) is 0 Å². The third kappa shape index (κ3) is 3.08. The summed E-state index contributed by atoms with van der Waals surface area (Å²) >= 11 is 0. The maximum absolute atomic E-state index is 12.0. The Morgan fingerprint density at radius 1 is 1.39 bits per heavy atom. The number of carboxylic acid groups (broad SMARTS) is 1. The molecule has 5 heteroatoms. The van der Waals surface area contributed by atoms with Crippen LogP contribution < -0.4 is 0 Å². The maximum Gasteiger partial charge on any atom is 0.326 e. The number of likely N-dealkylation sites (N-methyl/N-ethyl adjacent to an activating group) is 1. The predicted molar refractivity (Wildman–Crippen MR) is 65.0 cm³/mol. The summed E-state index contributed by atoms with van der Waals surface area (Å²) in [5.74, 6) is -1.40. The number of rotatable bonds is 4. The minimum Gasteiger partial charge on any atom is -0.480 e. The van der Waals surface area contributed by atoms with E-state index in [0.717, 1.165) is 5.56 Å². The lowest BCUT2D eigenvalue weighted by Crippen LogP contribution is -2.40. The largest absolute Gasteiger partial charge is 0.480 e. The van der Waals surface area contributed by atoms with Crippen LogP contribution in [0.5, 0.6) is 0 Å². The van der Waals surface area contributed by atoms with Gasteiger partial charge in [-0.05, 0) is 24.6 Å². The molecule has 18 heavy (non-hydrogen) atoms. The molecule has 1 amide bonds. The molecule has 0 saturated heterocycles. The SMILES string of the molecule is CC(C(=O)O)N(C)C(=O)c1ccc(CC#N)cc1. The standard InChI is InChI=1S/C13H14N2O3/c1-9(13(17)18)15(2)12(16)11-5-3-10(4-6-11)7-8-14/h3-6,9H,7H2,1-2H3,(H,17,18). The van der Waals surface area contributed by atoms with Crippen LogP contribution in [-0.2, 0) is 11.2 Å². The van der Waals surface area contributed by atoms with Crippen molar-refractivity contribution in [1.82, 2.24) is 4.90 Å². The van der Waals surface area contributed by atoms with E-state index in [-0.39, 0.29) is 12.3 Å². The van der Waals surface area contributed by atoms with Crippen molar-refractivity contribution in [3.8, 4) is 6.07 Å². The van der Waals surface area contributed by atoms with Gasteiger partial charge < -0.3 is 10.0 Å². The number of aliphatic carboxylic acids is 1. The molecule has 1 aromatic carbocycles. The van der Waals surface area contributed by atoms with Crippen LogP contribution in [0, 0.1) is 11.3 Å². The van der Waals surface area contributed by atoms with Gasteiger partial charge in [-0.1, -0.05) is 12.1 Å². The van der Waals surface area contributed by atoms with Crippen LogP contribution in [0.15, 0.2) is 24.3 Å². The summed E-state index contributed by atoms with van der Waals surface area (Å²) in [6.07, 6.45) is 0.288. The molecule has 1 aromatic rings. The second-order valence-electron chi connectivity index (χ2n) is 3.96. The van der Waals surface area contributed by atoms with Gasteiger partial charge >= 0.3 is 5.97 Å². The normalized spacial score (nSPS) is 11.4. The molecule has 0 bridgehead atoms. The summed E-state index contributed by atoms with van der Waals surface area (Å²) in [5.41, 5.74) is 1.23. The first-order valence-corrected chi connectivity index (χ1v) is 5.43. The molecule has 0 saturated carbocycles. The Labute approximate surface area is 105 Å². The number of amides is 1. The minimum atomic E-state index is -1.05. The van der Waals surface area contributed by atoms with Crippen LogP contribution in [-0.4, -0.2) is 35.0 Å². The third-order valence-corrected chi connectivity index (χ3v) is 2.74. The molecule has 5 nitrogen and oxygen atoms in total. The first-order chi connectivity index (χ1) is 8.47. The average molecular weight is 246 g/mol. The predicted octanol–water partition coefficient (Wildman–Crippen LogP) is 1.30. The van der Waals surface area contributed by atoms with E-state index in [1.54, 1.807) is 24.3 Å². The van der Waals surface area contributed by atoms with E-state index in [9.17, 15) is 9.59 Å². The number of carbonyl (C=O) groups excluding carboxylic acids is 1. The summed E-state index contributed by atoms with van der Waals surface area (Å²) in [4.78, 5) is 23.9. The van der Waals surface area contributed by atoms with Crippen molar-refractivity contribution in [2.75, 3.05) is 7.05 Å². The monoisotopic (exact) mass is 246 g/mol. The lowest BCUT2D eigenvalue weighted by Gasteiger charge is -2.21. The molecule has 0 spiro atoms. The van der Waals surface area contributed by atoms with Crippen molar-refractivity contribution in [3.05, 3.63) is 35.4 Å². The second kappa shape index (κ2) is 5.82. The Balaban J connectivity index is 2.84.